The average molecular weight is 344 g/mol. The number of cyclic esters (lactones) is 1. The van der Waals surface area contributed by atoms with Crippen LogP contribution in [0, 0.1) is 0 Å². The number of hydrogen-bond acceptors (Lipinski definition) is 4. The molecule has 1 aliphatic heterocycles. The Hall–Kier alpha value is -0.810. The Bertz CT molecular complexity index is 324. The van der Waals surface area contributed by atoms with E-state index in [4.69, 9.17) is 4.74 Å². The molecular weight excluding hydrogens is 306 g/mol. The van der Waals surface area contributed by atoms with Gasteiger partial charge >= 0.3 is 6.09 Å². The summed E-state index contributed by atoms with van der Waals surface area (Å²) in [6, 6.07) is -0.482. The number of hydrogen-bond donors (Lipinski definition) is 3. The van der Waals surface area contributed by atoms with Gasteiger partial charge in [-0.1, -0.05) is 84.0 Å². The van der Waals surface area contributed by atoms with Gasteiger partial charge in [0.05, 0.1) is 12.1 Å². The van der Waals surface area contributed by atoms with Gasteiger partial charge in [-0.15, -0.1) is 0 Å². The van der Waals surface area contributed by atoms with Crippen LogP contribution in [0.1, 0.15) is 90.4 Å². The summed E-state index contributed by atoms with van der Waals surface area (Å²) >= 11 is 0. The van der Waals surface area contributed by atoms with Crippen LogP contribution in [-0.2, 0) is 4.74 Å². The number of aliphatic hydroxyl groups excluding tert-OH is 2. The second kappa shape index (κ2) is 13.5. The summed E-state index contributed by atoms with van der Waals surface area (Å²) in [5.41, 5.74) is 0. The first-order chi connectivity index (χ1) is 11.6. The standard InChI is InChI=1S/C19H37NO4/c1-2-3-4-5-6-7-8-9-10-11-12-13-14-17(21)18(22)16-15-24-19(23)20-16/h16-18,21-22H,2-15H2,1H3,(H,20,23)/t16-,17-,18+/m0/s1. The van der Waals surface area contributed by atoms with Crippen molar-refractivity contribution in [3.8, 4) is 0 Å². The lowest BCUT2D eigenvalue weighted by molar-refractivity contribution is -0.00720. The highest BCUT2D eigenvalue weighted by Gasteiger charge is 2.32. The van der Waals surface area contributed by atoms with Crippen molar-refractivity contribution in [3.63, 3.8) is 0 Å². The molecule has 0 aliphatic carbocycles. The molecule has 1 fully saturated rings. The maximum absolute atomic E-state index is 10.9. The third kappa shape index (κ3) is 9.48. The maximum atomic E-state index is 10.9. The molecule has 5 nitrogen and oxygen atoms in total. The van der Waals surface area contributed by atoms with Crippen molar-refractivity contribution in [3.05, 3.63) is 0 Å². The Balaban J connectivity index is 1.86. The fourth-order valence-electron chi connectivity index (χ4n) is 3.22. The largest absolute Gasteiger partial charge is 0.447 e. The molecule has 0 aromatic carbocycles. The molecule has 142 valence electrons. The van der Waals surface area contributed by atoms with E-state index in [9.17, 15) is 15.0 Å². The van der Waals surface area contributed by atoms with Gasteiger partial charge in [0.1, 0.15) is 12.7 Å². The highest BCUT2D eigenvalue weighted by Crippen LogP contribution is 2.15. The SMILES string of the molecule is CCCCCCCCCCCCCC[C@H](O)[C@H](O)[C@@H]1COC(=O)N1. The number of carbonyl (C=O) groups excluding carboxylic acids is 1. The Morgan fingerprint density at radius 3 is 1.92 bits per heavy atom. The summed E-state index contributed by atoms with van der Waals surface area (Å²) in [5, 5.41) is 22.4. The van der Waals surface area contributed by atoms with Crippen molar-refractivity contribution in [1.82, 2.24) is 5.32 Å². The lowest BCUT2D eigenvalue weighted by atomic mass is 10.00. The zero-order valence-electron chi connectivity index (χ0n) is 15.3. The van der Waals surface area contributed by atoms with Crippen molar-refractivity contribution in [2.24, 2.45) is 0 Å². The van der Waals surface area contributed by atoms with Gasteiger partial charge in [-0.2, -0.15) is 0 Å². The van der Waals surface area contributed by atoms with Crippen molar-refractivity contribution >= 4 is 6.09 Å². The van der Waals surface area contributed by atoms with E-state index in [1.54, 1.807) is 0 Å². The number of ether oxygens (including phenoxy) is 1. The Kier molecular flexibility index (Phi) is 11.9. The third-order valence-electron chi connectivity index (χ3n) is 4.86. The molecule has 0 aromatic heterocycles. The number of aliphatic hydroxyl groups is 2. The van der Waals surface area contributed by atoms with Crippen LogP contribution in [0.15, 0.2) is 0 Å². The molecular formula is C19H37NO4. The van der Waals surface area contributed by atoms with Gasteiger partial charge in [0.25, 0.3) is 0 Å². The third-order valence-corrected chi connectivity index (χ3v) is 4.86. The summed E-state index contributed by atoms with van der Waals surface area (Å²) in [6.45, 7) is 2.39. The monoisotopic (exact) mass is 343 g/mol. The molecule has 3 N–H and O–H groups in total. The van der Waals surface area contributed by atoms with Crippen molar-refractivity contribution in [2.45, 2.75) is 109 Å². The van der Waals surface area contributed by atoms with E-state index in [2.05, 4.69) is 12.2 Å². The molecule has 0 saturated carbocycles. The van der Waals surface area contributed by atoms with Crippen molar-refractivity contribution in [2.75, 3.05) is 6.61 Å². The summed E-state index contributed by atoms with van der Waals surface area (Å²) in [6.07, 6.45) is 13.7. The lowest BCUT2D eigenvalue weighted by Crippen LogP contribution is -2.45. The topological polar surface area (TPSA) is 78.8 Å². The molecule has 0 radical (unpaired) electrons. The van der Waals surface area contributed by atoms with Crippen LogP contribution >= 0.6 is 0 Å². The van der Waals surface area contributed by atoms with E-state index in [1.807, 2.05) is 0 Å². The zero-order valence-corrected chi connectivity index (χ0v) is 15.3. The van der Waals surface area contributed by atoms with Gasteiger partial charge in [0, 0.05) is 0 Å². The van der Waals surface area contributed by atoms with Gasteiger partial charge in [-0.25, -0.2) is 4.79 Å². The molecule has 1 heterocycles. The first kappa shape index (κ1) is 21.2. The number of alkyl carbamates (subject to hydrolysis) is 1. The van der Waals surface area contributed by atoms with Crippen LogP contribution in [0.2, 0.25) is 0 Å². The Morgan fingerprint density at radius 1 is 0.958 bits per heavy atom. The van der Waals surface area contributed by atoms with E-state index < -0.39 is 24.3 Å². The second-order valence-electron chi connectivity index (χ2n) is 7.08. The van der Waals surface area contributed by atoms with Crippen molar-refractivity contribution in [1.29, 1.82) is 0 Å². The van der Waals surface area contributed by atoms with Crippen LogP contribution in [0.3, 0.4) is 0 Å². The number of carbonyl (C=O) groups is 1. The number of nitrogens with one attached hydrogen (secondary N) is 1. The second-order valence-corrected chi connectivity index (χ2v) is 7.08. The smallest absolute Gasteiger partial charge is 0.407 e. The van der Waals surface area contributed by atoms with E-state index in [-0.39, 0.29) is 6.61 Å². The van der Waals surface area contributed by atoms with Gasteiger partial charge in [0.15, 0.2) is 0 Å². The number of unbranched alkanes of at least 4 members (excludes halogenated alkanes) is 11. The summed E-state index contributed by atoms with van der Waals surface area (Å²) in [7, 11) is 0. The van der Waals surface area contributed by atoms with Crippen molar-refractivity contribution < 1.29 is 19.7 Å². The van der Waals surface area contributed by atoms with Gasteiger partial charge in [-0.05, 0) is 6.42 Å². The van der Waals surface area contributed by atoms with Crippen LogP contribution in [0.25, 0.3) is 0 Å². The molecule has 1 amide bonds. The van der Waals surface area contributed by atoms with Crippen LogP contribution in [0.5, 0.6) is 0 Å². The van der Waals surface area contributed by atoms with E-state index in [0.29, 0.717) is 6.42 Å². The van der Waals surface area contributed by atoms with E-state index in [0.717, 1.165) is 12.8 Å². The molecule has 0 aromatic rings. The molecule has 0 bridgehead atoms. The van der Waals surface area contributed by atoms with Gasteiger partial charge < -0.3 is 20.3 Å². The lowest BCUT2D eigenvalue weighted by Gasteiger charge is -2.21. The minimum absolute atomic E-state index is 0.134. The van der Waals surface area contributed by atoms with Gasteiger partial charge in [-0.3, -0.25) is 0 Å². The van der Waals surface area contributed by atoms with E-state index in [1.165, 1.54) is 64.2 Å². The first-order valence-electron chi connectivity index (χ1n) is 9.94. The van der Waals surface area contributed by atoms with Gasteiger partial charge in [0.2, 0.25) is 0 Å². The normalized spacial score (nSPS) is 19.8. The van der Waals surface area contributed by atoms with Crippen LogP contribution in [-0.4, -0.2) is 41.2 Å². The average Bonchev–Trinajstić information content (AvgIpc) is 3.01. The fourth-order valence-corrected chi connectivity index (χ4v) is 3.22. The highest BCUT2D eigenvalue weighted by atomic mass is 16.6. The predicted octanol–water partition coefficient (Wildman–Crippen LogP) is 3.91. The quantitative estimate of drug-likeness (QED) is 0.394. The van der Waals surface area contributed by atoms with E-state index >= 15 is 0 Å². The Morgan fingerprint density at radius 2 is 1.46 bits per heavy atom. The van der Waals surface area contributed by atoms with Crippen LogP contribution < -0.4 is 5.32 Å². The molecule has 1 aliphatic rings. The molecule has 1 saturated heterocycles. The summed E-state index contributed by atoms with van der Waals surface area (Å²) in [5.74, 6) is 0. The first-order valence-corrected chi connectivity index (χ1v) is 9.94. The minimum atomic E-state index is -0.941. The van der Waals surface area contributed by atoms with Crippen LogP contribution in [0.4, 0.5) is 4.79 Å². The molecule has 0 unspecified atom stereocenters. The number of amides is 1. The molecule has 0 spiro atoms. The molecule has 3 atom stereocenters. The molecule has 24 heavy (non-hydrogen) atoms. The molecule has 1 rings (SSSR count). The fraction of sp³-hybridized carbons (Fsp3) is 0.947. The zero-order chi connectivity index (χ0) is 17.6. The number of rotatable bonds is 15. The maximum Gasteiger partial charge on any atom is 0.407 e. The minimum Gasteiger partial charge on any atom is -0.447 e. The highest BCUT2D eigenvalue weighted by molar-refractivity contribution is 5.69. The Labute approximate surface area is 147 Å². The summed E-state index contributed by atoms with van der Waals surface area (Å²) in [4.78, 5) is 10.9. The molecule has 5 heteroatoms. The predicted molar refractivity (Wildman–Crippen MR) is 96.0 cm³/mol. The summed E-state index contributed by atoms with van der Waals surface area (Å²) < 4.78 is 4.73.